The molecule has 1 aromatic rings. The number of piperazine rings is 1. The van der Waals surface area contributed by atoms with Crippen LogP contribution >= 0.6 is 11.6 Å². The third-order valence-corrected chi connectivity index (χ3v) is 6.15. The lowest BCUT2D eigenvalue weighted by Gasteiger charge is -2.34. The summed E-state index contributed by atoms with van der Waals surface area (Å²) in [6.07, 6.45) is 7.95. The molecule has 3 aliphatic heterocycles. The molecule has 8 heteroatoms. The molecule has 0 unspecified atom stereocenters. The van der Waals surface area contributed by atoms with Crippen LogP contribution in [-0.4, -0.2) is 79.1 Å². The third-order valence-electron chi connectivity index (χ3n) is 5.87. The van der Waals surface area contributed by atoms with E-state index in [4.69, 9.17) is 21.1 Å². The molecule has 162 valence electrons. The van der Waals surface area contributed by atoms with Crippen LogP contribution in [0.15, 0.2) is 18.2 Å². The van der Waals surface area contributed by atoms with Crippen LogP contribution in [0.5, 0.6) is 11.5 Å². The molecule has 0 saturated carbocycles. The van der Waals surface area contributed by atoms with Crippen LogP contribution in [0.4, 0.5) is 0 Å². The Hall–Kier alpha value is -2.25. The standard InChI is InChI=1S/C22H28ClN3O4/c23-18-13-17(14-19-22(18)30-16-29-19)5-6-20(27)26-11-9-24(10-12-26)15-21(28)25-7-3-1-2-4-8-25/h5-6,13-14H,1-4,7-12,15-16H2. The molecular formula is C22H28ClN3O4. The highest BCUT2D eigenvalue weighted by atomic mass is 35.5. The molecule has 3 aliphatic rings. The summed E-state index contributed by atoms with van der Waals surface area (Å²) in [4.78, 5) is 31.1. The molecule has 2 saturated heterocycles. The van der Waals surface area contributed by atoms with Crippen molar-refractivity contribution in [1.29, 1.82) is 0 Å². The van der Waals surface area contributed by atoms with E-state index in [1.165, 1.54) is 12.8 Å². The minimum absolute atomic E-state index is 0.0396. The van der Waals surface area contributed by atoms with Gasteiger partial charge in [0.05, 0.1) is 11.6 Å². The van der Waals surface area contributed by atoms with Crippen molar-refractivity contribution in [2.75, 3.05) is 52.6 Å². The maximum Gasteiger partial charge on any atom is 0.246 e. The van der Waals surface area contributed by atoms with Gasteiger partial charge >= 0.3 is 0 Å². The van der Waals surface area contributed by atoms with Crippen molar-refractivity contribution in [1.82, 2.24) is 14.7 Å². The average Bonchev–Trinajstić information content (AvgIpc) is 3.06. The highest BCUT2D eigenvalue weighted by molar-refractivity contribution is 6.32. The number of halogens is 1. The Morgan fingerprint density at radius 1 is 0.933 bits per heavy atom. The molecule has 3 heterocycles. The maximum absolute atomic E-state index is 12.6. The smallest absolute Gasteiger partial charge is 0.246 e. The molecule has 0 spiro atoms. The summed E-state index contributed by atoms with van der Waals surface area (Å²) < 4.78 is 10.7. The largest absolute Gasteiger partial charge is 0.454 e. The number of carbonyl (C=O) groups excluding carboxylic acids is 2. The molecule has 0 N–H and O–H groups in total. The Morgan fingerprint density at radius 3 is 2.40 bits per heavy atom. The van der Waals surface area contributed by atoms with Crippen LogP contribution < -0.4 is 9.47 Å². The molecule has 2 amide bonds. The lowest BCUT2D eigenvalue weighted by atomic mass is 10.2. The van der Waals surface area contributed by atoms with E-state index >= 15 is 0 Å². The number of amides is 2. The van der Waals surface area contributed by atoms with Crippen LogP contribution in [0.1, 0.15) is 31.2 Å². The Labute approximate surface area is 182 Å². The molecule has 0 aromatic heterocycles. The maximum atomic E-state index is 12.6. The Morgan fingerprint density at radius 2 is 1.67 bits per heavy atom. The fourth-order valence-corrected chi connectivity index (χ4v) is 4.37. The summed E-state index contributed by atoms with van der Waals surface area (Å²) in [7, 11) is 0. The van der Waals surface area contributed by atoms with E-state index in [0.29, 0.717) is 36.2 Å². The van der Waals surface area contributed by atoms with Crippen molar-refractivity contribution in [3.8, 4) is 11.5 Å². The lowest BCUT2D eigenvalue weighted by Crippen LogP contribution is -2.51. The molecule has 0 atom stereocenters. The van der Waals surface area contributed by atoms with Gasteiger partial charge in [-0.25, -0.2) is 0 Å². The highest BCUT2D eigenvalue weighted by Crippen LogP contribution is 2.40. The van der Waals surface area contributed by atoms with Crippen molar-refractivity contribution in [2.24, 2.45) is 0 Å². The molecule has 7 nitrogen and oxygen atoms in total. The van der Waals surface area contributed by atoms with Gasteiger partial charge in [0.1, 0.15) is 0 Å². The van der Waals surface area contributed by atoms with Gasteiger partial charge in [0, 0.05) is 45.3 Å². The van der Waals surface area contributed by atoms with Gasteiger partial charge in [0.15, 0.2) is 11.5 Å². The summed E-state index contributed by atoms with van der Waals surface area (Å²) in [5, 5.41) is 0.472. The first-order valence-corrected chi connectivity index (χ1v) is 11.0. The molecule has 4 rings (SSSR count). The number of hydrogen-bond acceptors (Lipinski definition) is 5. The number of carbonyl (C=O) groups is 2. The molecule has 0 bridgehead atoms. The summed E-state index contributed by atoms with van der Waals surface area (Å²) in [5.41, 5.74) is 0.791. The topological polar surface area (TPSA) is 62.3 Å². The van der Waals surface area contributed by atoms with Gasteiger partial charge in [-0.05, 0) is 36.6 Å². The van der Waals surface area contributed by atoms with E-state index in [1.807, 2.05) is 15.9 Å². The number of ether oxygens (including phenoxy) is 2. The Balaban J connectivity index is 1.26. The van der Waals surface area contributed by atoms with Gasteiger partial charge in [-0.15, -0.1) is 0 Å². The quantitative estimate of drug-likeness (QED) is 0.683. The predicted molar refractivity (Wildman–Crippen MR) is 115 cm³/mol. The summed E-state index contributed by atoms with van der Waals surface area (Å²) in [6, 6.07) is 3.57. The second-order valence-corrected chi connectivity index (χ2v) is 8.37. The van der Waals surface area contributed by atoms with Crippen molar-refractivity contribution in [3.05, 3.63) is 28.8 Å². The first-order chi connectivity index (χ1) is 14.6. The van der Waals surface area contributed by atoms with E-state index in [2.05, 4.69) is 4.90 Å². The number of likely N-dealkylation sites (tertiary alicyclic amines) is 1. The summed E-state index contributed by atoms with van der Waals surface area (Å²) in [6.45, 7) is 5.05. The zero-order chi connectivity index (χ0) is 20.9. The second-order valence-electron chi connectivity index (χ2n) is 7.97. The summed E-state index contributed by atoms with van der Waals surface area (Å²) in [5.74, 6) is 1.32. The van der Waals surface area contributed by atoms with Gasteiger partial charge in [-0.3, -0.25) is 14.5 Å². The minimum atomic E-state index is -0.0396. The average molecular weight is 434 g/mol. The second kappa shape index (κ2) is 9.71. The SMILES string of the molecule is O=C(C=Cc1cc(Cl)c2c(c1)OCO2)N1CCN(CC(=O)N2CCCCCC2)CC1. The number of benzene rings is 1. The monoisotopic (exact) mass is 433 g/mol. The number of rotatable bonds is 4. The van der Waals surface area contributed by atoms with Crippen molar-refractivity contribution in [2.45, 2.75) is 25.7 Å². The molecule has 0 radical (unpaired) electrons. The van der Waals surface area contributed by atoms with Gasteiger partial charge in [0.25, 0.3) is 0 Å². The van der Waals surface area contributed by atoms with Crippen LogP contribution in [0.25, 0.3) is 6.08 Å². The first kappa shape index (κ1) is 21.0. The van der Waals surface area contributed by atoms with Crippen LogP contribution in [0.3, 0.4) is 0 Å². The van der Waals surface area contributed by atoms with E-state index in [1.54, 1.807) is 18.2 Å². The molecule has 0 aliphatic carbocycles. The Kier molecular flexibility index (Phi) is 6.79. The zero-order valence-electron chi connectivity index (χ0n) is 17.1. The number of hydrogen-bond donors (Lipinski definition) is 0. The first-order valence-electron chi connectivity index (χ1n) is 10.7. The van der Waals surface area contributed by atoms with Crippen LogP contribution in [0.2, 0.25) is 5.02 Å². The van der Waals surface area contributed by atoms with Gasteiger partial charge in [-0.2, -0.15) is 0 Å². The molecule has 2 fully saturated rings. The van der Waals surface area contributed by atoms with Gasteiger partial charge in [-0.1, -0.05) is 24.4 Å². The fraction of sp³-hybridized carbons (Fsp3) is 0.545. The zero-order valence-corrected chi connectivity index (χ0v) is 17.9. The van der Waals surface area contributed by atoms with E-state index < -0.39 is 0 Å². The highest BCUT2D eigenvalue weighted by Gasteiger charge is 2.24. The van der Waals surface area contributed by atoms with Crippen molar-refractivity contribution >= 4 is 29.5 Å². The van der Waals surface area contributed by atoms with Crippen LogP contribution in [-0.2, 0) is 9.59 Å². The van der Waals surface area contributed by atoms with Crippen molar-refractivity contribution in [3.63, 3.8) is 0 Å². The molecule has 30 heavy (non-hydrogen) atoms. The van der Waals surface area contributed by atoms with Gasteiger partial charge in [0.2, 0.25) is 18.6 Å². The van der Waals surface area contributed by atoms with E-state index in [-0.39, 0.29) is 18.6 Å². The normalized spacial score (nSPS) is 19.9. The number of fused-ring (bicyclic) bond motifs is 1. The summed E-state index contributed by atoms with van der Waals surface area (Å²) >= 11 is 6.19. The fourth-order valence-electron chi connectivity index (χ4n) is 4.09. The number of nitrogens with zero attached hydrogens (tertiary/aromatic N) is 3. The minimum Gasteiger partial charge on any atom is -0.454 e. The molecular weight excluding hydrogens is 406 g/mol. The van der Waals surface area contributed by atoms with Crippen molar-refractivity contribution < 1.29 is 19.1 Å². The van der Waals surface area contributed by atoms with Gasteiger partial charge < -0.3 is 19.3 Å². The Bertz CT molecular complexity index is 813. The van der Waals surface area contributed by atoms with Crippen LogP contribution in [0, 0.1) is 0 Å². The third kappa shape index (κ3) is 5.08. The predicted octanol–water partition coefficient (Wildman–Crippen LogP) is 2.63. The molecule has 1 aromatic carbocycles. The van der Waals surface area contributed by atoms with E-state index in [0.717, 1.165) is 44.6 Å². The lowest BCUT2D eigenvalue weighted by molar-refractivity contribution is -0.133. The van der Waals surface area contributed by atoms with E-state index in [9.17, 15) is 9.59 Å².